The van der Waals surface area contributed by atoms with E-state index in [9.17, 15) is 9.90 Å². The molecule has 2 aromatic heterocycles. The Morgan fingerprint density at radius 2 is 1.97 bits per heavy atom. The van der Waals surface area contributed by atoms with E-state index in [4.69, 9.17) is 16.6 Å². The van der Waals surface area contributed by atoms with Crippen molar-refractivity contribution in [3.05, 3.63) is 82.8 Å². The molecule has 6 nitrogen and oxygen atoms in total. The summed E-state index contributed by atoms with van der Waals surface area (Å²) < 4.78 is 1.97. The molecule has 4 aromatic rings. The van der Waals surface area contributed by atoms with Gasteiger partial charge in [-0.2, -0.15) is 0 Å². The molecule has 0 radical (unpaired) electrons. The molecule has 0 bridgehead atoms. The fourth-order valence-electron chi connectivity index (χ4n) is 4.84. The molecule has 1 amide bonds. The second kappa shape index (κ2) is 9.57. The zero-order valence-corrected chi connectivity index (χ0v) is 19.9. The van der Waals surface area contributed by atoms with Crippen molar-refractivity contribution < 1.29 is 9.90 Å². The van der Waals surface area contributed by atoms with Gasteiger partial charge in [0.05, 0.1) is 23.3 Å². The number of fused-ring (bicyclic) bond motifs is 1. The molecule has 1 N–H and O–H groups in total. The Balaban J connectivity index is 1.36. The van der Waals surface area contributed by atoms with Crippen LogP contribution in [0.2, 0.25) is 5.02 Å². The molecule has 3 heterocycles. The predicted molar refractivity (Wildman–Crippen MR) is 134 cm³/mol. The summed E-state index contributed by atoms with van der Waals surface area (Å²) in [6.07, 6.45) is 1.94. The Bertz CT molecular complexity index is 1350. The van der Waals surface area contributed by atoms with Gasteiger partial charge in [-0.05, 0) is 62.2 Å². The van der Waals surface area contributed by atoms with Crippen molar-refractivity contribution in [3.8, 4) is 11.3 Å². The molecular weight excluding hydrogens is 448 g/mol. The molecule has 0 saturated carbocycles. The molecule has 1 unspecified atom stereocenters. The van der Waals surface area contributed by atoms with E-state index < -0.39 is 0 Å². The SMILES string of the molecule is Cc1nc2cc(C(=O)N3CCCC(c4cccc(-c5cccc(Cl)c5)n4)C3)ccc2n1CCO. The minimum Gasteiger partial charge on any atom is -0.395 e. The predicted octanol–water partition coefficient (Wildman–Crippen LogP) is 5.07. The first-order chi connectivity index (χ1) is 16.5. The molecule has 0 spiro atoms. The van der Waals surface area contributed by atoms with E-state index in [0.29, 0.717) is 23.7 Å². The van der Waals surface area contributed by atoms with Crippen molar-refractivity contribution in [2.45, 2.75) is 32.2 Å². The van der Waals surface area contributed by atoms with Crippen LogP contribution < -0.4 is 0 Å². The van der Waals surface area contributed by atoms with Crippen LogP contribution in [0.25, 0.3) is 22.3 Å². The van der Waals surface area contributed by atoms with Crippen LogP contribution in [0, 0.1) is 6.92 Å². The van der Waals surface area contributed by atoms with E-state index in [1.165, 1.54) is 0 Å². The number of amides is 1. The van der Waals surface area contributed by atoms with E-state index in [1.54, 1.807) is 0 Å². The van der Waals surface area contributed by atoms with Crippen LogP contribution in [-0.4, -0.2) is 50.1 Å². The number of halogens is 1. The van der Waals surface area contributed by atoms with Crippen LogP contribution in [0.15, 0.2) is 60.7 Å². The van der Waals surface area contributed by atoms with Crippen molar-refractivity contribution in [1.82, 2.24) is 19.4 Å². The van der Waals surface area contributed by atoms with Crippen LogP contribution >= 0.6 is 11.6 Å². The van der Waals surface area contributed by atoms with Crippen LogP contribution in [-0.2, 0) is 6.54 Å². The molecule has 7 heteroatoms. The number of aromatic nitrogens is 3. The van der Waals surface area contributed by atoms with E-state index in [1.807, 2.05) is 71.0 Å². The first-order valence-electron chi connectivity index (χ1n) is 11.6. The number of carbonyl (C=O) groups is 1. The lowest BCUT2D eigenvalue weighted by Gasteiger charge is -2.32. The third kappa shape index (κ3) is 4.43. The van der Waals surface area contributed by atoms with Gasteiger partial charge in [0.2, 0.25) is 0 Å². The molecule has 1 aliphatic rings. The van der Waals surface area contributed by atoms with Crippen molar-refractivity contribution in [1.29, 1.82) is 0 Å². The lowest BCUT2D eigenvalue weighted by Crippen LogP contribution is -2.39. The van der Waals surface area contributed by atoms with Gasteiger partial charge in [0.15, 0.2) is 0 Å². The molecule has 1 saturated heterocycles. The van der Waals surface area contributed by atoms with Gasteiger partial charge in [-0.15, -0.1) is 0 Å². The maximum Gasteiger partial charge on any atom is 0.253 e. The van der Waals surface area contributed by atoms with E-state index in [0.717, 1.165) is 53.2 Å². The first-order valence-corrected chi connectivity index (χ1v) is 12.0. The highest BCUT2D eigenvalue weighted by molar-refractivity contribution is 6.30. The number of hydrogen-bond donors (Lipinski definition) is 1. The summed E-state index contributed by atoms with van der Waals surface area (Å²) in [5.41, 5.74) is 5.24. The molecular formula is C27H27ClN4O2. The summed E-state index contributed by atoms with van der Waals surface area (Å²) in [6.45, 7) is 3.83. The Morgan fingerprint density at radius 1 is 1.12 bits per heavy atom. The number of pyridine rings is 1. The molecule has 1 atom stereocenters. The minimum atomic E-state index is 0.0203. The fraction of sp³-hybridized carbons (Fsp3) is 0.296. The Morgan fingerprint density at radius 3 is 2.79 bits per heavy atom. The smallest absolute Gasteiger partial charge is 0.253 e. The molecule has 1 fully saturated rings. The van der Waals surface area contributed by atoms with E-state index >= 15 is 0 Å². The molecule has 2 aromatic carbocycles. The van der Waals surface area contributed by atoms with Gasteiger partial charge in [0.1, 0.15) is 5.82 Å². The standard InChI is InChI=1S/C27H27ClN4O2/c1-18-29-25-16-20(10-11-26(25)32(18)13-14-33)27(34)31-12-4-6-21(17-31)24-9-3-8-23(30-24)19-5-2-7-22(28)15-19/h2-3,5,7-11,15-16,21,33H,4,6,12-14,17H2,1H3. The van der Waals surface area contributed by atoms with Gasteiger partial charge < -0.3 is 14.6 Å². The third-order valence-corrected chi connectivity index (χ3v) is 6.76. The van der Waals surface area contributed by atoms with Crippen molar-refractivity contribution >= 4 is 28.5 Å². The average molecular weight is 475 g/mol. The molecule has 174 valence electrons. The number of aliphatic hydroxyl groups excluding tert-OH is 1. The van der Waals surface area contributed by atoms with Gasteiger partial charge in [-0.25, -0.2) is 4.98 Å². The number of likely N-dealkylation sites (tertiary alicyclic amines) is 1. The van der Waals surface area contributed by atoms with Crippen molar-refractivity contribution in [2.24, 2.45) is 0 Å². The van der Waals surface area contributed by atoms with Crippen LogP contribution in [0.1, 0.15) is 40.6 Å². The highest BCUT2D eigenvalue weighted by Crippen LogP contribution is 2.29. The molecule has 1 aliphatic heterocycles. The summed E-state index contributed by atoms with van der Waals surface area (Å²) in [5, 5.41) is 10.0. The molecule has 0 aliphatic carbocycles. The Labute approximate surface area is 203 Å². The number of nitrogens with zero attached hydrogens (tertiary/aromatic N) is 4. The second-order valence-electron chi connectivity index (χ2n) is 8.79. The van der Waals surface area contributed by atoms with Gasteiger partial charge in [0, 0.05) is 47.4 Å². The van der Waals surface area contributed by atoms with Gasteiger partial charge in [-0.3, -0.25) is 9.78 Å². The monoisotopic (exact) mass is 474 g/mol. The van der Waals surface area contributed by atoms with Crippen LogP contribution in [0.3, 0.4) is 0 Å². The number of aliphatic hydroxyl groups is 1. The molecule has 5 rings (SSSR count). The highest BCUT2D eigenvalue weighted by atomic mass is 35.5. The van der Waals surface area contributed by atoms with Gasteiger partial charge in [-0.1, -0.05) is 29.8 Å². The quantitative estimate of drug-likeness (QED) is 0.438. The highest BCUT2D eigenvalue weighted by Gasteiger charge is 2.27. The van der Waals surface area contributed by atoms with Crippen LogP contribution in [0.4, 0.5) is 0 Å². The topological polar surface area (TPSA) is 71.2 Å². The van der Waals surface area contributed by atoms with Crippen molar-refractivity contribution in [3.63, 3.8) is 0 Å². The molecule has 34 heavy (non-hydrogen) atoms. The zero-order valence-electron chi connectivity index (χ0n) is 19.1. The summed E-state index contributed by atoms with van der Waals surface area (Å²) in [7, 11) is 0. The number of aryl methyl sites for hydroxylation is 1. The van der Waals surface area contributed by atoms with E-state index in [2.05, 4.69) is 11.1 Å². The number of carbonyl (C=O) groups excluding carboxylic acids is 1. The zero-order chi connectivity index (χ0) is 23.7. The summed E-state index contributed by atoms with van der Waals surface area (Å²) in [5.74, 6) is 1.04. The van der Waals surface area contributed by atoms with Gasteiger partial charge >= 0.3 is 0 Å². The third-order valence-electron chi connectivity index (χ3n) is 6.53. The Kier molecular flexibility index (Phi) is 6.35. The number of imidazole rings is 1. The second-order valence-corrected chi connectivity index (χ2v) is 9.22. The maximum absolute atomic E-state index is 13.4. The average Bonchev–Trinajstić information content (AvgIpc) is 3.18. The fourth-order valence-corrected chi connectivity index (χ4v) is 5.03. The largest absolute Gasteiger partial charge is 0.395 e. The van der Waals surface area contributed by atoms with Gasteiger partial charge in [0.25, 0.3) is 5.91 Å². The maximum atomic E-state index is 13.4. The lowest BCUT2D eigenvalue weighted by atomic mass is 9.93. The summed E-state index contributed by atoms with van der Waals surface area (Å²) in [6, 6.07) is 19.4. The minimum absolute atomic E-state index is 0.0203. The lowest BCUT2D eigenvalue weighted by molar-refractivity contribution is 0.0706. The number of piperidine rings is 1. The normalized spacial score (nSPS) is 16.2. The first kappa shape index (κ1) is 22.6. The number of rotatable bonds is 5. The summed E-state index contributed by atoms with van der Waals surface area (Å²) >= 11 is 6.17. The van der Waals surface area contributed by atoms with Crippen molar-refractivity contribution in [2.75, 3.05) is 19.7 Å². The summed E-state index contributed by atoms with van der Waals surface area (Å²) in [4.78, 5) is 24.8. The Hall–Kier alpha value is -3.22. The number of hydrogen-bond acceptors (Lipinski definition) is 4. The van der Waals surface area contributed by atoms with Crippen LogP contribution in [0.5, 0.6) is 0 Å². The van der Waals surface area contributed by atoms with E-state index in [-0.39, 0.29) is 18.4 Å². The number of benzene rings is 2.